The van der Waals surface area contributed by atoms with Crippen LogP contribution in [0.1, 0.15) is 21.5 Å². The van der Waals surface area contributed by atoms with Crippen LogP contribution in [0.4, 0.5) is 11.4 Å². The third-order valence-corrected chi connectivity index (χ3v) is 3.46. The number of carbonyl (C=O) groups excluding carboxylic acids is 1. The number of methoxy groups -OCH3 is 1. The fraction of sp³-hybridized carbons (Fsp3) is 0.118. The predicted molar refractivity (Wildman–Crippen MR) is 90.8 cm³/mol. The van der Waals surface area contributed by atoms with Gasteiger partial charge in [0.15, 0.2) is 5.78 Å². The van der Waals surface area contributed by atoms with Crippen molar-refractivity contribution in [3.63, 3.8) is 0 Å². The number of allylic oxidation sites excluding steroid dienone is 1. The summed E-state index contributed by atoms with van der Waals surface area (Å²) < 4.78 is 5.17. The molecule has 0 aliphatic heterocycles. The average molecular weight is 342 g/mol. The number of rotatable bonds is 6. The normalized spacial score (nSPS) is 10.6. The molecular weight excluding hydrogens is 328 g/mol. The Kier molecular flexibility index (Phi) is 5.23. The number of non-ortho nitro benzene ring substituents is 1. The molecule has 2 rings (SSSR count). The van der Waals surface area contributed by atoms with Gasteiger partial charge in [0.25, 0.3) is 11.4 Å². The Balaban J connectivity index is 2.37. The summed E-state index contributed by atoms with van der Waals surface area (Å²) in [5.41, 5.74) is 0.483. The van der Waals surface area contributed by atoms with E-state index >= 15 is 0 Å². The van der Waals surface area contributed by atoms with E-state index in [-0.39, 0.29) is 5.56 Å². The van der Waals surface area contributed by atoms with Gasteiger partial charge in [0.1, 0.15) is 5.75 Å². The van der Waals surface area contributed by atoms with Crippen molar-refractivity contribution in [2.75, 3.05) is 7.11 Å². The van der Waals surface area contributed by atoms with Crippen molar-refractivity contribution >= 4 is 23.2 Å². The number of carbonyl (C=O) groups is 1. The summed E-state index contributed by atoms with van der Waals surface area (Å²) in [6.45, 7) is 1.85. The zero-order valence-electron chi connectivity index (χ0n) is 13.5. The number of nitro groups is 2. The average Bonchev–Trinajstić information content (AvgIpc) is 2.59. The monoisotopic (exact) mass is 342 g/mol. The molecule has 128 valence electrons. The molecule has 0 heterocycles. The molecule has 0 aromatic heterocycles. The Hall–Kier alpha value is -3.55. The van der Waals surface area contributed by atoms with E-state index in [0.29, 0.717) is 11.3 Å². The number of nitrogens with zero attached hydrogens (tertiary/aromatic N) is 2. The third-order valence-electron chi connectivity index (χ3n) is 3.46. The van der Waals surface area contributed by atoms with Crippen LogP contribution in [0.25, 0.3) is 6.08 Å². The molecule has 8 nitrogen and oxygen atoms in total. The minimum Gasteiger partial charge on any atom is -0.496 e. The second-order valence-electron chi connectivity index (χ2n) is 5.16. The van der Waals surface area contributed by atoms with Gasteiger partial charge in [-0.15, -0.1) is 0 Å². The van der Waals surface area contributed by atoms with Crippen LogP contribution < -0.4 is 4.74 Å². The first-order valence-electron chi connectivity index (χ1n) is 7.13. The Labute approximate surface area is 142 Å². The lowest BCUT2D eigenvalue weighted by Gasteiger charge is -2.06. The number of nitro benzene ring substituents is 2. The molecular formula is C17H14N2O6. The largest absolute Gasteiger partial charge is 0.496 e. The van der Waals surface area contributed by atoms with E-state index in [9.17, 15) is 25.0 Å². The molecule has 0 radical (unpaired) electrons. The van der Waals surface area contributed by atoms with Gasteiger partial charge in [0.2, 0.25) is 0 Å². The Morgan fingerprint density at radius 1 is 1.08 bits per heavy atom. The standard InChI is InChI=1S/C17H14N2O6/c1-11-3-7-14(17(9-11)25-2)16(20)8-5-12-4-6-13(18(21)22)10-15(12)19(23)24/h3-10H,1-2H3/b8-5+. The molecule has 0 saturated carbocycles. The van der Waals surface area contributed by atoms with E-state index in [1.165, 1.54) is 25.3 Å². The van der Waals surface area contributed by atoms with Gasteiger partial charge >= 0.3 is 0 Å². The van der Waals surface area contributed by atoms with Gasteiger partial charge < -0.3 is 4.74 Å². The van der Waals surface area contributed by atoms with Crippen molar-refractivity contribution in [1.29, 1.82) is 0 Å². The van der Waals surface area contributed by atoms with Crippen LogP contribution in [0.2, 0.25) is 0 Å². The molecule has 0 aliphatic carbocycles. The second kappa shape index (κ2) is 7.35. The van der Waals surface area contributed by atoms with E-state index in [1.54, 1.807) is 18.2 Å². The van der Waals surface area contributed by atoms with Crippen LogP contribution in [0.15, 0.2) is 42.5 Å². The van der Waals surface area contributed by atoms with E-state index in [2.05, 4.69) is 0 Å². The summed E-state index contributed by atoms with van der Waals surface area (Å²) in [4.78, 5) is 32.7. The first kappa shape index (κ1) is 17.8. The smallest absolute Gasteiger partial charge is 0.283 e. The molecule has 0 bridgehead atoms. The van der Waals surface area contributed by atoms with Crippen LogP contribution in [-0.2, 0) is 0 Å². The van der Waals surface area contributed by atoms with Crippen molar-refractivity contribution in [2.24, 2.45) is 0 Å². The summed E-state index contributed by atoms with van der Waals surface area (Å²) >= 11 is 0. The van der Waals surface area contributed by atoms with E-state index in [0.717, 1.165) is 17.7 Å². The maximum atomic E-state index is 12.3. The van der Waals surface area contributed by atoms with Crippen molar-refractivity contribution in [2.45, 2.75) is 6.92 Å². The molecule has 0 saturated heterocycles. The first-order chi connectivity index (χ1) is 11.8. The molecule has 0 aliphatic rings. The summed E-state index contributed by atoms with van der Waals surface area (Å²) in [5.74, 6) is -0.00245. The second-order valence-corrected chi connectivity index (χ2v) is 5.16. The molecule has 0 unspecified atom stereocenters. The molecule has 0 atom stereocenters. The summed E-state index contributed by atoms with van der Waals surface area (Å²) in [7, 11) is 1.44. The highest BCUT2D eigenvalue weighted by Gasteiger charge is 2.18. The van der Waals surface area contributed by atoms with Gasteiger partial charge in [-0.2, -0.15) is 0 Å². The Bertz CT molecular complexity index is 889. The highest BCUT2D eigenvalue weighted by molar-refractivity contribution is 6.08. The van der Waals surface area contributed by atoms with Gasteiger partial charge in [-0.25, -0.2) is 0 Å². The molecule has 0 spiro atoms. The molecule has 25 heavy (non-hydrogen) atoms. The topological polar surface area (TPSA) is 113 Å². The van der Waals surface area contributed by atoms with Crippen molar-refractivity contribution in [3.8, 4) is 5.75 Å². The summed E-state index contributed by atoms with van der Waals surface area (Å²) in [6.07, 6.45) is 2.42. The fourth-order valence-electron chi connectivity index (χ4n) is 2.20. The fourth-order valence-corrected chi connectivity index (χ4v) is 2.20. The highest BCUT2D eigenvalue weighted by Crippen LogP contribution is 2.26. The highest BCUT2D eigenvalue weighted by atomic mass is 16.6. The lowest BCUT2D eigenvalue weighted by atomic mass is 10.1. The molecule has 8 heteroatoms. The molecule has 0 N–H and O–H groups in total. The van der Waals surface area contributed by atoms with Crippen LogP contribution in [0.5, 0.6) is 5.75 Å². The van der Waals surface area contributed by atoms with Gasteiger partial charge in [0.05, 0.1) is 34.1 Å². The Morgan fingerprint density at radius 2 is 1.80 bits per heavy atom. The van der Waals surface area contributed by atoms with E-state index in [1.807, 2.05) is 6.92 Å². The quantitative estimate of drug-likeness (QED) is 0.342. The summed E-state index contributed by atoms with van der Waals surface area (Å²) in [6, 6.07) is 8.28. The SMILES string of the molecule is COc1cc(C)ccc1C(=O)/C=C/c1ccc([N+](=O)[O-])cc1[N+](=O)[O-]. The Morgan fingerprint density at radius 3 is 2.40 bits per heavy atom. The van der Waals surface area contributed by atoms with Crippen molar-refractivity contribution in [1.82, 2.24) is 0 Å². The third kappa shape index (κ3) is 4.05. The number of hydrogen-bond acceptors (Lipinski definition) is 6. The van der Waals surface area contributed by atoms with E-state index in [4.69, 9.17) is 4.74 Å². The predicted octanol–water partition coefficient (Wildman–Crippen LogP) is 3.72. The minimum absolute atomic E-state index is 0.0926. The number of aryl methyl sites for hydroxylation is 1. The van der Waals surface area contributed by atoms with Gasteiger partial charge in [0, 0.05) is 6.07 Å². The van der Waals surface area contributed by atoms with Gasteiger partial charge in [-0.1, -0.05) is 6.07 Å². The van der Waals surface area contributed by atoms with E-state index < -0.39 is 27.0 Å². The molecule has 2 aromatic rings. The molecule has 0 fully saturated rings. The van der Waals surface area contributed by atoms with Crippen LogP contribution in [0.3, 0.4) is 0 Å². The zero-order valence-corrected chi connectivity index (χ0v) is 13.5. The molecule has 0 amide bonds. The molecule has 2 aromatic carbocycles. The number of benzene rings is 2. The first-order valence-corrected chi connectivity index (χ1v) is 7.13. The van der Waals surface area contributed by atoms with Crippen LogP contribution >= 0.6 is 0 Å². The van der Waals surface area contributed by atoms with Gasteiger partial charge in [-0.05, 0) is 42.8 Å². The lowest BCUT2D eigenvalue weighted by molar-refractivity contribution is -0.394. The van der Waals surface area contributed by atoms with Crippen LogP contribution in [-0.4, -0.2) is 22.7 Å². The number of ketones is 1. The zero-order chi connectivity index (χ0) is 18.6. The van der Waals surface area contributed by atoms with Gasteiger partial charge in [-0.3, -0.25) is 25.0 Å². The van der Waals surface area contributed by atoms with Crippen LogP contribution in [0, 0.1) is 27.2 Å². The summed E-state index contributed by atoms with van der Waals surface area (Å²) in [5, 5.41) is 21.8. The lowest BCUT2D eigenvalue weighted by Crippen LogP contribution is -2.00. The van der Waals surface area contributed by atoms with Crippen molar-refractivity contribution < 1.29 is 19.4 Å². The minimum atomic E-state index is -0.733. The number of ether oxygens (including phenoxy) is 1. The number of hydrogen-bond donors (Lipinski definition) is 0. The van der Waals surface area contributed by atoms with Crippen molar-refractivity contribution in [3.05, 3.63) is 79.4 Å². The maximum absolute atomic E-state index is 12.3. The maximum Gasteiger partial charge on any atom is 0.283 e.